The Bertz CT molecular complexity index is 665. The van der Waals surface area contributed by atoms with Crippen molar-refractivity contribution in [3.63, 3.8) is 0 Å². The molecule has 0 aliphatic rings. The van der Waals surface area contributed by atoms with Gasteiger partial charge in [-0.25, -0.2) is 18.0 Å². The van der Waals surface area contributed by atoms with E-state index < -0.39 is 27.0 Å². The van der Waals surface area contributed by atoms with Crippen LogP contribution in [0.15, 0.2) is 23.1 Å². The molecule has 1 rings (SSSR count). The molecule has 0 atom stereocenters. The number of hydrogen-bond acceptors (Lipinski definition) is 8. The van der Waals surface area contributed by atoms with Crippen molar-refractivity contribution in [1.82, 2.24) is 0 Å². The SMILES string of the molecule is CCCOCCOC(=O)c1cc(C(=O)OC)cc(S(=O)(=O)[O-])c1. The summed E-state index contributed by atoms with van der Waals surface area (Å²) in [7, 11) is -3.76. The molecule has 0 unspecified atom stereocenters. The smallest absolute Gasteiger partial charge is 0.338 e. The van der Waals surface area contributed by atoms with Crippen molar-refractivity contribution in [2.45, 2.75) is 18.2 Å². The Morgan fingerprint density at radius 3 is 2.17 bits per heavy atom. The van der Waals surface area contributed by atoms with E-state index in [1.54, 1.807) is 0 Å². The van der Waals surface area contributed by atoms with E-state index in [1.165, 1.54) is 0 Å². The maximum atomic E-state index is 11.9. The third kappa shape index (κ3) is 5.97. The highest BCUT2D eigenvalue weighted by molar-refractivity contribution is 7.85. The number of benzene rings is 1. The standard InChI is InChI=1S/C14H18O8S/c1-3-4-21-5-6-22-14(16)11-7-10(13(15)20-2)8-12(9-11)23(17,18)19/h7-9H,3-6H2,1-2H3,(H,17,18,19)/p-1. The quantitative estimate of drug-likeness (QED) is 0.388. The van der Waals surface area contributed by atoms with Crippen LogP contribution in [-0.2, 0) is 24.3 Å². The van der Waals surface area contributed by atoms with E-state index in [9.17, 15) is 22.6 Å². The van der Waals surface area contributed by atoms with Crippen molar-refractivity contribution in [2.75, 3.05) is 26.9 Å². The summed E-state index contributed by atoms with van der Waals surface area (Å²) in [5.41, 5.74) is -0.476. The first kappa shape index (κ1) is 19.1. The van der Waals surface area contributed by atoms with E-state index in [4.69, 9.17) is 9.47 Å². The lowest BCUT2D eigenvalue weighted by molar-refractivity contribution is 0.0318. The molecule has 0 saturated heterocycles. The average molecular weight is 345 g/mol. The van der Waals surface area contributed by atoms with Crippen LogP contribution < -0.4 is 0 Å². The molecule has 128 valence electrons. The molecule has 9 heteroatoms. The number of rotatable bonds is 8. The predicted octanol–water partition coefficient (Wildman–Crippen LogP) is 0.961. The van der Waals surface area contributed by atoms with E-state index in [2.05, 4.69) is 4.74 Å². The first-order chi connectivity index (χ1) is 10.8. The Labute approximate surface area is 134 Å². The van der Waals surface area contributed by atoms with Crippen molar-refractivity contribution < 1.29 is 36.8 Å². The summed E-state index contributed by atoms with van der Waals surface area (Å²) in [5.74, 6) is -1.75. The number of esters is 2. The third-order valence-electron chi connectivity index (χ3n) is 2.66. The van der Waals surface area contributed by atoms with Gasteiger partial charge >= 0.3 is 11.9 Å². The second kappa shape index (κ2) is 8.61. The molecule has 0 aliphatic carbocycles. The van der Waals surface area contributed by atoms with E-state index in [1.807, 2.05) is 6.92 Å². The molecule has 0 aliphatic heterocycles. The fourth-order valence-corrected chi connectivity index (χ4v) is 2.16. The maximum absolute atomic E-state index is 11.9. The van der Waals surface area contributed by atoms with Crippen LogP contribution in [0.5, 0.6) is 0 Å². The molecule has 0 bridgehead atoms. The van der Waals surface area contributed by atoms with Crippen LogP contribution in [0.2, 0.25) is 0 Å². The molecule has 0 spiro atoms. The number of ether oxygens (including phenoxy) is 3. The molecule has 1 aromatic carbocycles. The van der Waals surface area contributed by atoms with E-state index in [0.717, 1.165) is 31.7 Å². The highest BCUT2D eigenvalue weighted by atomic mass is 32.2. The van der Waals surface area contributed by atoms with Crippen molar-refractivity contribution >= 4 is 22.1 Å². The molecule has 0 saturated carbocycles. The van der Waals surface area contributed by atoms with Gasteiger partial charge < -0.3 is 18.8 Å². The zero-order valence-electron chi connectivity index (χ0n) is 12.7. The summed E-state index contributed by atoms with van der Waals surface area (Å²) in [4.78, 5) is 22.7. The number of carbonyl (C=O) groups excluding carboxylic acids is 2. The lowest BCUT2D eigenvalue weighted by atomic mass is 10.1. The zero-order chi connectivity index (χ0) is 17.5. The van der Waals surface area contributed by atoms with Crippen molar-refractivity contribution in [3.8, 4) is 0 Å². The van der Waals surface area contributed by atoms with Crippen LogP contribution in [0.1, 0.15) is 34.1 Å². The third-order valence-corrected chi connectivity index (χ3v) is 3.47. The largest absolute Gasteiger partial charge is 0.744 e. The van der Waals surface area contributed by atoms with Gasteiger partial charge in [0.25, 0.3) is 0 Å². The first-order valence-electron chi connectivity index (χ1n) is 6.73. The Morgan fingerprint density at radius 1 is 1.04 bits per heavy atom. The summed E-state index contributed by atoms with van der Waals surface area (Å²) in [5, 5.41) is 0. The van der Waals surface area contributed by atoms with Crippen LogP contribution in [0.3, 0.4) is 0 Å². The van der Waals surface area contributed by atoms with Crippen LogP contribution in [-0.4, -0.2) is 51.8 Å². The van der Waals surface area contributed by atoms with Gasteiger partial charge in [0.15, 0.2) is 0 Å². The van der Waals surface area contributed by atoms with Crippen molar-refractivity contribution in [3.05, 3.63) is 29.3 Å². The molecule has 1 aromatic rings. The van der Waals surface area contributed by atoms with Gasteiger partial charge in [-0.1, -0.05) is 6.92 Å². The Kier molecular flexibility index (Phi) is 7.14. The molecule has 0 heterocycles. The fraction of sp³-hybridized carbons (Fsp3) is 0.429. The molecule has 8 nitrogen and oxygen atoms in total. The first-order valence-corrected chi connectivity index (χ1v) is 8.14. The Morgan fingerprint density at radius 2 is 1.65 bits per heavy atom. The molecule has 0 amide bonds. The van der Waals surface area contributed by atoms with Gasteiger partial charge in [-0.05, 0) is 24.6 Å². The Hall–Kier alpha value is -1.97. The second-order valence-electron chi connectivity index (χ2n) is 4.44. The molecular formula is C14H17O8S-. The number of carbonyl (C=O) groups is 2. The van der Waals surface area contributed by atoms with Gasteiger partial charge in [0.1, 0.15) is 16.7 Å². The van der Waals surface area contributed by atoms with E-state index in [0.29, 0.717) is 6.61 Å². The number of methoxy groups -OCH3 is 1. The second-order valence-corrected chi connectivity index (χ2v) is 5.82. The summed E-state index contributed by atoms with van der Waals surface area (Å²) in [6, 6.07) is 2.79. The molecule has 0 fully saturated rings. The lowest BCUT2D eigenvalue weighted by Crippen LogP contribution is -2.14. The minimum atomic E-state index is -4.85. The predicted molar refractivity (Wildman–Crippen MR) is 77.1 cm³/mol. The highest BCUT2D eigenvalue weighted by Crippen LogP contribution is 2.17. The molecular weight excluding hydrogens is 328 g/mol. The molecule has 0 radical (unpaired) electrons. The van der Waals surface area contributed by atoms with Gasteiger partial charge in [-0.2, -0.15) is 0 Å². The van der Waals surface area contributed by atoms with Crippen molar-refractivity contribution in [1.29, 1.82) is 0 Å². The minimum absolute atomic E-state index is 0.0409. The minimum Gasteiger partial charge on any atom is -0.744 e. The summed E-state index contributed by atoms with van der Waals surface area (Å²) in [6.07, 6.45) is 0.819. The van der Waals surface area contributed by atoms with Gasteiger partial charge in [0.2, 0.25) is 0 Å². The summed E-state index contributed by atoms with van der Waals surface area (Å²) in [6.45, 7) is 2.59. The monoisotopic (exact) mass is 345 g/mol. The van der Waals surface area contributed by atoms with Gasteiger partial charge in [-0.3, -0.25) is 0 Å². The highest BCUT2D eigenvalue weighted by Gasteiger charge is 2.16. The lowest BCUT2D eigenvalue weighted by Gasteiger charge is -2.11. The van der Waals surface area contributed by atoms with Crippen LogP contribution >= 0.6 is 0 Å². The average Bonchev–Trinajstić information content (AvgIpc) is 2.52. The summed E-state index contributed by atoms with van der Waals surface area (Å²) >= 11 is 0. The van der Waals surface area contributed by atoms with Gasteiger partial charge in [0, 0.05) is 6.61 Å². The zero-order valence-corrected chi connectivity index (χ0v) is 13.6. The topological polar surface area (TPSA) is 119 Å². The fourth-order valence-electron chi connectivity index (χ4n) is 1.62. The number of hydrogen-bond donors (Lipinski definition) is 0. The normalized spacial score (nSPS) is 11.1. The van der Waals surface area contributed by atoms with Gasteiger partial charge in [0.05, 0.1) is 29.7 Å². The Balaban J connectivity index is 2.96. The van der Waals surface area contributed by atoms with Crippen LogP contribution in [0.4, 0.5) is 0 Å². The van der Waals surface area contributed by atoms with E-state index >= 15 is 0 Å². The molecule has 0 aromatic heterocycles. The summed E-state index contributed by atoms with van der Waals surface area (Å²) < 4.78 is 47.9. The van der Waals surface area contributed by atoms with Crippen LogP contribution in [0.25, 0.3) is 0 Å². The van der Waals surface area contributed by atoms with E-state index in [-0.39, 0.29) is 24.3 Å². The van der Waals surface area contributed by atoms with Crippen LogP contribution in [0, 0.1) is 0 Å². The van der Waals surface area contributed by atoms with Gasteiger partial charge in [-0.15, -0.1) is 0 Å². The molecule has 23 heavy (non-hydrogen) atoms. The van der Waals surface area contributed by atoms with Crippen molar-refractivity contribution in [2.24, 2.45) is 0 Å². The maximum Gasteiger partial charge on any atom is 0.338 e. The molecule has 0 N–H and O–H groups in total.